The number of aromatic nitrogens is 4. The van der Waals surface area contributed by atoms with Crippen molar-refractivity contribution in [3.8, 4) is 11.4 Å². The fraction of sp³-hybridized carbons (Fsp3) is 0.429. The summed E-state index contributed by atoms with van der Waals surface area (Å²) < 4.78 is 6.81. The summed E-state index contributed by atoms with van der Waals surface area (Å²) in [7, 11) is 1.58. The van der Waals surface area contributed by atoms with Crippen molar-refractivity contribution < 1.29 is 9.53 Å². The van der Waals surface area contributed by atoms with Gasteiger partial charge in [-0.15, -0.1) is 17.5 Å². The van der Waals surface area contributed by atoms with Crippen molar-refractivity contribution in [2.24, 2.45) is 5.92 Å². The van der Waals surface area contributed by atoms with E-state index in [0.717, 1.165) is 25.9 Å². The first-order valence-electron chi connectivity index (χ1n) is 7.21. The third kappa shape index (κ3) is 3.96. The van der Waals surface area contributed by atoms with E-state index in [1.165, 1.54) is 11.0 Å². The molecule has 2 heterocycles. The molecule has 0 atom stereocenters. The van der Waals surface area contributed by atoms with Crippen LogP contribution >= 0.6 is 12.4 Å². The first-order chi connectivity index (χ1) is 10.8. The van der Waals surface area contributed by atoms with Gasteiger partial charge in [0.05, 0.1) is 7.11 Å². The number of anilines is 1. The van der Waals surface area contributed by atoms with E-state index in [0.29, 0.717) is 17.1 Å². The lowest BCUT2D eigenvalue weighted by Gasteiger charge is -2.22. The number of benzene rings is 1. The van der Waals surface area contributed by atoms with Crippen LogP contribution < -0.4 is 15.4 Å². The number of hydrogen-bond acceptors (Lipinski definition) is 6. The molecule has 1 fully saturated rings. The number of halogens is 1. The highest BCUT2D eigenvalue weighted by atomic mass is 35.5. The fourth-order valence-electron chi connectivity index (χ4n) is 2.55. The lowest BCUT2D eigenvalue weighted by molar-refractivity contribution is -0.120. The molecule has 9 heteroatoms. The van der Waals surface area contributed by atoms with E-state index in [1.807, 2.05) is 6.07 Å². The molecule has 0 bridgehead atoms. The van der Waals surface area contributed by atoms with E-state index in [2.05, 4.69) is 26.2 Å². The predicted octanol–water partition coefficient (Wildman–Crippen LogP) is 1.03. The zero-order valence-corrected chi connectivity index (χ0v) is 13.5. The number of nitrogens with one attached hydrogen (secondary N) is 2. The number of nitrogens with zero attached hydrogens (tertiary/aromatic N) is 4. The Morgan fingerprint density at radius 1 is 1.39 bits per heavy atom. The third-order valence-corrected chi connectivity index (χ3v) is 3.75. The Morgan fingerprint density at radius 2 is 2.17 bits per heavy atom. The van der Waals surface area contributed by atoms with Crippen molar-refractivity contribution >= 4 is 24.0 Å². The molecule has 8 nitrogen and oxygen atoms in total. The second-order valence-corrected chi connectivity index (χ2v) is 5.15. The van der Waals surface area contributed by atoms with Gasteiger partial charge in [-0.1, -0.05) is 0 Å². The normalized spacial score (nSPS) is 14.8. The Kier molecular flexibility index (Phi) is 5.89. The summed E-state index contributed by atoms with van der Waals surface area (Å²) in [6.45, 7) is 1.77. The Hall–Kier alpha value is -2.19. The molecule has 2 N–H and O–H groups in total. The molecule has 1 saturated heterocycles. The van der Waals surface area contributed by atoms with Crippen LogP contribution in [0.2, 0.25) is 0 Å². The number of rotatable bonds is 4. The van der Waals surface area contributed by atoms with E-state index in [1.54, 1.807) is 19.2 Å². The molecular formula is C14H19ClN6O2. The quantitative estimate of drug-likeness (QED) is 0.864. The van der Waals surface area contributed by atoms with Gasteiger partial charge < -0.3 is 15.4 Å². The van der Waals surface area contributed by atoms with Gasteiger partial charge in [0, 0.05) is 11.6 Å². The maximum Gasteiger partial charge on any atom is 0.227 e. The fourth-order valence-corrected chi connectivity index (χ4v) is 2.55. The van der Waals surface area contributed by atoms with Gasteiger partial charge in [-0.2, -0.15) is 4.68 Å². The minimum Gasteiger partial charge on any atom is -0.494 e. The Bertz CT molecular complexity index is 643. The Labute approximate surface area is 140 Å². The van der Waals surface area contributed by atoms with Crippen molar-refractivity contribution in [2.45, 2.75) is 12.8 Å². The number of carbonyl (C=O) groups excluding carboxylic acids is 1. The summed E-state index contributed by atoms with van der Waals surface area (Å²) in [6.07, 6.45) is 3.21. The van der Waals surface area contributed by atoms with Crippen LogP contribution in [0.15, 0.2) is 24.5 Å². The molecule has 1 aliphatic rings. The van der Waals surface area contributed by atoms with Crippen LogP contribution in [0.1, 0.15) is 12.8 Å². The van der Waals surface area contributed by atoms with Crippen LogP contribution in [-0.2, 0) is 4.79 Å². The van der Waals surface area contributed by atoms with Gasteiger partial charge in [0.25, 0.3) is 0 Å². The van der Waals surface area contributed by atoms with Crippen LogP contribution in [0.3, 0.4) is 0 Å². The molecule has 1 aromatic carbocycles. The van der Waals surface area contributed by atoms with Gasteiger partial charge in [0.15, 0.2) is 0 Å². The average Bonchev–Trinajstić information content (AvgIpc) is 3.10. The van der Waals surface area contributed by atoms with Crippen molar-refractivity contribution in [3.63, 3.8) is 0 Å². The largest absolute Gasteiger partial charge is 0.494 e. The second-order valence-electron chi connectivity index (χ2n) is 5.15. The summed E-state index contributed by atoms with van der Waals surface area (Å²) in [5, 5.41) is 17.3. The van der Waals surface area contributed by atoms with Gasteiger partial charge in [0.1, 0.15) is 17.8 Å². The lowest BCUT2D eigenvalue weighted by atomic mass is 9.97. The van der Waals surface area contributed by atoms with E-state index in [4.69, 9.17) is 4.74 Å². The smallest absolute Gasteiger partial charge is 0.227 e. The summed E-state index contributed by atoms with van der Waals surface area (Å²) in [6, 6.07) is 5.40. The number of piperidine rings is 1. The SMILES string of the molecule is COc1ccc(NC(=O)C2CCNCC2)cc1-n1cnnn1.Cl. The van der Waals surface area contributed by atoms with Gasteiger partial charge in [-0.25, -0.2) is 0 Å². The van der Waals surface area contributed by atoms with Gasteiger partial charge >= 0.3 is 0 Å². The van der Waals surface area contributed by atoms with Crippen LogP contribution in [0.4, 0.5) is 5.69 Å². The van der Waals surface area contributed by atoms with E-state index in [9.17, 15) is 4.79 Å². The molecule has 1 aromatic heterocycles. The van der Waals surface area contributed by atoms with Gasteiger partial charge in [-0.05, 0) is 54.6 Å². The number of hydrogen-bond donors (Lipinski definition) is 2. The zero-order chi connectivity index (χ0) is 15.4. The number of tetrazole rings is 1. The van der Waals surface area contributed by atoms with Crippen LogP contribution in [0.25, 0.3) is 5.69 Å². The minimum absolute atomic E-state index is 0. The topological polar surface area (TPSA) is 94.0 Å². The maximum absolute atomic E-state index is 12.3. The molecule has 2 aromatic rings. The van der Waals surface area contributed by atoms with Crippen molar-refractivity contribution in [1.29, 1.82) is 0 Å². The molecule has 0 spiro atoms. The second kappa shape index (κ2) is 7.89. The van der Waals surface area contributed by atoms with Crippen LogP contribution in [-0.4, -0.2) is 46.3 Å². The number of carbonyl (C=O) groups is 1. The summed E-state index contributed by atoms with van der Waals surface area (Å²) in [5.74, 6) is 0.737. The van der Waals surface area contributed by atoms with Crippen LogP contribution in [0.5, 0.6) is 5.75 Å². The van der Waals surface area contributed by atoms with Gasteiger partial charge in [-0.3, -0.25) is 4.79 Å². The highest BCUT2D eigenvalue weighted by molar-refractivity contribution is 5.93. The standard InChI is InChI=1S/C14H18N6O2.ClH/c1-22-13-3-2-11(8-12(13)20-9-16-18-19-20)17-14(21)10-4-6-15-7-5-10;/h2-3,8-10,15H,4-7H2,1H3,(H,17,21);1H. The molecule has 0 unspecified atom stereocenters. The molecule has 1 aliphatic heterocycles. The van der Waals surface area contributed by atoms with Crippen molar-refractivity contribution in [1.82, 2.24) is 25.5 Å². The highest BCUT2D eigenvalue weighted by Gasteiger charge is 2.21. The molecule has 1 amide bonds. The van der Waals surface area contributed by atoms with Crippen molar-refractivity contribution in [3.05, 3.63) is 24.5 Å². The summed E-state index contributed by atoms with van der Waals surface area (Å²) in [4.78, 5) is 12.3. The first-order valence-corrected chi connectivity index (χ1v) is 7.21. The van der Waals surface area contributed by atoms with E-state index < -0.39 is 0 Å². The molecule has 23 heavy (non-hydrogen) atoms. The molecular weight excluding hydrogens is 320 g/mol. The number of amides is 1. The van der Waals surface area contributed by atoms with E-state index >= 15 is 0 Å². The monoisotopic (exact) mass is 338 g/mol. The average molecular weight is 339 g/mol. The number of ether oxygens (including phenoxy) is 1. The molecule has 3 rings (SSSR count). The Balaban J connectivity index is 0.00000192. The maximum atomic E-state index is 12.3. The third-order valence-electron chi connectivity index (χ3n) is 3.75. The highest BCUT2D eigenvalue weighted by Crippen LogP contribution is 2.26. The minimum atomic E-state index is 0. The van der Waals surface area contributed by atoms with Crippen LogP contribution in [0, 0.1) is 5.92 Å². The summed E-state index contributed by atoms with van der Waals surface area (Å²) in [5.41, 5.74) is 1.38. The molecule has 124 valence electrons. The van der Waals surface area contributed by atoms with E-state index in [-0.39, 0.29) is 24.2 Å². The predicted molar refractivity (Wildman–Crippen MR) is 87.2 cm³/mol. The molecule has 0 aliphatic carbocycles. The zero-order valence-electron chi connectivity index (χ0n) is 12.7. The first kappa shape index (κ1) is 17.2. The Morgan fingerprint density at radius 3 is 2.83 bits per heavy atom. The van der Waals surface area contributed by atoms with Crippen molar-refractivity contribution in [2.75, 3.05) is 25.5 Å². The number of methoxy groups -OCH3 is 1. The molecule has 0 saturated carbocycles. The van der Waals surface area contributed by atoms with Gasteiger partial charge in [0.2, 0.25) is 5.91 Å². The molecule has 0 radical (unpaired) electrons. The lowest BCUT2D eigenvalue weighted by Crippen LogP contribution is -2.34. The summed E-state index contributed by atoms with van der Waals surface area (Å²) >= 11 is 0.